The number of carbonyl (C=O) groups excluding carboxylic acids is 5. The lowest BCUT2D eigenvalue weighted by atomic mass is 9.84. The van der Waals surface area contributed by atoms with E-state index in [2.05, 4.69) is 107 Å². The van der Waals surface area contributed by atoms with Gasteiger partial charge in [-0.05, 0) is 153 Å². The van der Waals surface area contributed by atoms with Crippen LogP contribution in [-0.4, -0.2) is 144 Å². The van der Waals surface area contributed by atoms with Crippen molar-refractivity contribution in [3.63, 3.8) is 0 Å². The van der Waals surface area contributed by atoms with Gasteiger partial charge in [-0.1, -0.05) is 81.1 Å². The minimum atomic E-state index is -1.45. The maximum absolute atomic E-state index is 15.4. The summed E-state index contributed by atoms with van der Waals surface area (Å²) in [5, 5.41) is 64.7. The second-order valence-corrected chi connectivity index (χ2v) is 27.3. The first-order chi connectivity index (χ1) is 50.4. The average Bonchev–Trinajstić information content (AvgIpc) is 1.61. The predicted molar refractivity (Wildman–Crippen MR) is 407 cm³/mol. The number of benzene rings is 3. The molecule has 3 aromatic carbocycles. The number of H-pyrrole nitrogens is 5. The van der Waals surface area contributed by atoms with Crippen molar-refractivity contribution < 1.29 is 43.8 Å². The molecule has 0 spiro atoms. The van der Waals surface area contributed by atoms with E-state index in [9.17, 15) is 29.4 Å². The van der Waals surface area contributed by atoms with Gasteiger partial charge in [0.05, 0.1) is 17.0 Å². The summed E-state index contributed by atoms with van der Waals surface area (Å²) in [6.45, 7) is 16.2. The number of hydrogen-bond acceptors (Lipinski definition) is 11. The molecule has 0 aliphatic carbocycles. The van der Waals surface area contributed by atoms with Crippen LogP contribution in [0, 0.1) is 36.5 Å². The maximum Gasteiger partial charge on any atom is 0.338 e. The number of allylic oxidation sites excluding steroid dienone is 3. The number of rotatable bonds is 30. The second-order valence-electron chi connectivity index (χ2n) is 27.3. The van der Waals surface area contributed by atoms with E-state index in [-0.39, 0.29) is 112 Å². The predicted octanol–water partition coefficient (Wildman–Crippen LogP) is 5.47. The molecule has 21 N–H and O–H groups in total. The molecule has 8 atom stereocenters. The summed E-state index contributed by atoms with van der Waals surface area (Å²) in [4.78, 5) is 124. The van der Waals surface area contributed by atoms with Crippen LogP contribution in [0.5, 0.6) is 0 Å². The number of nitrogens with two attached hydrogens (primary N) is 2. The molecule has 5 amide bonds. The zero-order chi connectivity index (χ0) is 74.9. The molecule has 0 radical (unpaired) electrons. The Kier molecular flexibility index (Phi) is 22.9. The third-order valence-corrected chi connectivity index (χ3v) is 20.5. The van der Waals surface area contributed by atoms with E-state index in [0.717, 1.165) is 77.0 Å². The molecule has 3 aliphatic rings. The number of nitrogens with one attached hydrogen (secondary N) is 15. The van der Waals surface area contributed by atoms with Crippen LogP contribution >= 0.6 is 0 Å². The minimum absolute atomic E-state index is 0.000717. The van der Waals surface area contributed by atoms with E-state index in [1.165, 1.54) is 0 Å². The summed E-state index contributed by atoms with van der Waals surface area (Å²) < 4.78 is 0. The fourth-order valence-electron chi connectivity index (χ4n) is 14.8. The highest BCUT2D eigenvalue weighted by Crippen LogP contribution is 2.40. The van der Waals surface area contributed by atoms with E-state index in [1.54, 1.807) is 25.5 Å². The molecule has 5 aromatic heterocycles. The highest BCUT2D eigenvalue weighted by Gasteiger charge is 2.41. The highest BCUT2D eigenvalue weighted by molar-refractivity contribution is 6.29. The van der Waals surface area contributed by atoms with E-state index in [0.29, 0.717) is 45.7 Å². The lowest BCUT2D eigenvalue weighted by molar-refractivity contribution is -0.142. The first kappa shape index (κ1) is 74.0. The van der Waals surface area contributed by atoms with E-state index < -0.39 is 71.7 Å². The van der Waals surface area contributed by atoms with Crippen molar-refractivity contribution in [2.75, 3.05) is 13.1 Å². The fourth-order valence-corrected chi connectivity index (χ4v) is 14.8. The van der Waals surface area contributed by atoms with Gasteiger partial charge in [-0.3, -0.25) is 34.8 Å². The number of para-hydroxylation sites is 3. The van der Waals surface area contributed by atoms with Crippen molar-refractivity contribution in [1.29, 1.82) is 10.8 Å². The molecule has 27 heteroatoms. The fraction of sp³-hybridized carbons (Fsp3) is 0.333. The number of aliphatic carboxylic acids is 2. The summed E-state index contributed by atoms with van der Waals surface area (Å²) in [6.07, 6.45) is 13.8. The zero-order valence-corrected chi connectivity index (χ0v) is 59.6. The Hall–Kier alpha value is -12.2. The van der Waals surface area contributed by atoms with Crippen molar-refractivity contribution in [3.8, 4) is 0 Å². The lowest BCUT2D eigenvalue weighted by Crippen LogP contribution is -2.59. The highest BCUT2D eigenvalue weighted by atomic mass is 16.4. The number of carboxylic acids is 2. The van der Waals surface area contributed by atoms with Gasteiger partial charge in [-0.2, -0.15) is 0 Å². The number of nitrogens with zero attached hydrogens (tertiary/aromatic N) is 1. The Morgan fingerprint density at radius 3 is 1.60 bits per heavy atom. The van der Waals surface area contributed by atoms with Gasteiger partial charge in [0.1, 0.15) is 30.2 Å². The van der Waals surface area contributed by atoms with E-state index in [1.807, 2.05) is 98.8 Å². The van der Waals surface area contributed by atoms with Gasteiger partial charge in [0.2, 0.25) is 29.5 Å². The number of guanidine groups is 2. The monoisotopic (exact) mass is 1420 g/mol. The van der Waals surface area contributed by atoms with Gasteiger partial charge in [-0.25, -0.2) is 14.6 Å². The van der Waals surface area contributed by atoms with Crippen molar-refractivity contribution in [1.82, 2.24) is 67.5 Å². The Labute approximate surface area is 605 Å². The molecule has 8 aromatic rings. The molecule has 3 aliphatic heterocycles. The van der Waals surface area contributed by atoms with Crippen molar-refractivity contribution in [3.05, 3.63) is 187 Å². The molecule has 548 valence electrons. The summed E-state index contributed by atoms with van der Waals surface area (Å²) in [5.74, 6) is -7.39. The van der Waals surface area contributed by atoms with Crippen LogP contribution in [0.1, 0.15) is 117 Å². The van der Waals surface area contributed by atoms with Gasteiger partial charge in [0, 0.05) is 135 Å². The quantitative estimate of drug-likeness (QED) is 0.0151. The lowest BCUT2D eigenvalue weighted by Gasteiger charge is -2.27. The number of aromatic amines is 5. The number of aliphatic imine (C=N–C) groups is 1. The van der Waals surface area contributed by atoms with Crippen LogP contribution < -0.4 is 64.7 Å². The number of hydrogen-bond donors (Lipinski definition) is 19. The number of carbonyl (C=O) groups is 7. The molecule has 1 saturated heterocycles. The van der Waals surface area contributed by atoms with E-state index in [4.69, 9.17) is 27.3 Å². The Morgan fingerprint density at radius 2 is 1.10 bits per heavy atom. The number of aromatic nitrogens is 5. The molecule has 0 saturated carbocycles. The van der Waals surface area contributed by atoms with Crippen LogP contribution in [0.2, 0.25) is 0 Å². The van der Waals surface area contributed by atoms with Crippen LogP contribution in [0.3, 0.4) is 0 Å². The van der Waals surface area contributed by atoms with Crippen molar-refractivity contribution in [2.45, 2.75) is 142 Å². The van der Waals surface area contributed by atoms with Crippen LogP contribution in [0.25, 0.3) is 57.0 Å². The van der Waals surface area contributed by atoms with Gasteiger partial charge in [0.25, 0.3) is 0 Å². The standard InChI is InChI=1S/C78H92N18O9/c1-8-47-39(3)58-33-60-41(5)49(69(91-60)43(7)70-68(76(104)105)42(6)61(92-70)35-63-48(9-2)40(4)59(89-63)34-62(47)88-58)26-27-67(97)90-56(24-16-28-83-77(79)80)71(98)93-57(25-17-29-84-78(81)82)72(99)94-64(30-44-36-85-53-21-13-10-18-50(44)53)73(100)95-65(31-45-37-86-54-22-14-11-19-51(45)54)74(101)96-66(75(102)103)32-46-38-87-55-23-15-12-20-52(46)55/h8,10-15,18-23,33-38,41,49,56-57,60,64-66,85-89,91H,1,9,16-17,24-32H2,2-7H3,(H,90,97)(H,93,98)(H,94,99)(H,95,100)(H,96,101)(H,102,103)(H,104,105)(H4,79,80,83)(H4,81,82,84)/b58-33+,61-35-,62-34-,69-43-/t41-,49-,56-,57-,60?,64-,65-,66-/m0/s1. The van der Waals surface area contributed by atoms with Crippen molar-refractivity contribution in [2.24, 2.45) is 28.3 Å². The van der Waals surface area contributed by atoms with Crippen LogP contribution in [0.4, 0.5) is 0 Å². The molecule has 1 fully saturated rings. The minimum Gasteiger partial charge on any atom is -0.480 e. The maximum atomic E-state index is 15.4. The molecule has 1 unspecified atom stereocenters. The van der Waals surface area contributed by atoms with Crippen molar-refractivity contribution >= 4 is 116 Å². The smallest absolute Gasteiger partial charge is 0.338 e. The first-order valence-electron chi connectivity index (χ1n) is 35.4. The topological polar surface area (TPSA) is 447 Å². The largest absolute Gasteiger partial charge is 0.480 e. The summed E-state index contributed by atoms with van der Waals surface area (Å²) in [6, 6.07) is 14.8. The third kappa shape index (κ3) is 16.7. The van der Waals surface area contributed by atoms with Gasteiger partial charge >= 0.3 is 11.9 Å². The molecular weight excluding hydrogens is 1330 g/mol. The Bertz CT molecular complexity index is 5020. The molecule has 105 heavy (non-hydrogen) atoms. The molecule has 8 bridgehead atoms. The van der Waals surface area contributed by atoms with Gasteiger partial charge < -0.3 is 89.1 Å². The number of fused-ring (bicyclic) bond motifs is 10. The second kappa shape index (κ2) is 32.4. The SMILES string of the molecule is C=Cc1c(C)/c2[nH]/c1=C\c1[nH]c(c(CC)c1C)/C=C1N=C(C(C(=O)O)=C\1C)/C(C)=C1\NC(/C=2)[C@@H](C)[C@@H]1CCC(=O)N[C@@H](CCCNC(=N)N)C(=O)N[C@@H](CCCNC(=N)N)C(=O)N[C@@H](Cc1c[nH]c2ccccc12)C(=O)N[C@@H](Cc1c[nH]c2ccccc12)C(=O)N[C@@H](Cc1c[nH]c2ccccc12)C(=O)O. The van der Waals surface area contributed by atoms with E-state index >= 15 is 14.4 Å². The summed E-state index contributed by atoms with van der Waals surface area (Å²) in [7, 11) is 0. The van der Waals surface area contributed by atoms with Crippen LogP contribution in [-0.2, 0) is 59.2 Å². The van der Waals surface area contributed by atoms with Gasteiger partial charge in [-0.15, -0.1) is 0 Å². The number of amides is 5. The molecule has 27 nitrogen and oxygen atoms in total. The first-order valence-corrected chi connectivity index (χ1v) is 35.4. The molecule has 8 heterocycles. The third-order valence-electron chi connectivity index (χ3n) is 20.5. The van der Waals surface area contributed by atoms with Gasteiger partial charge in [0.15, 0.2) is 11.9 Å². The normalized spacial score (nSPS) is 18.7. The Balaban J connectivity index is 0.879. The molecule has 11 rings (SSSR count). The average molecular weight is 1430 g/mol. The molecular formula is C78H92N18O9. The summed E-state index contributed by atoms with van der Waals surface area (Å²) >= 11 is 0. The Morgan fingerprint density at radius 1 is 0.619 bits per heavy atom. The number of carboxylic acid groups (broad SMARTS) is 2. The van der Waals surface area contributed by atoms with Crippen LogP contribution in [0.15, 0.2) is 131 Å². The summed E-state index contributed by atoms with van der Waals surface area (Å²) in [5.41, 5.74) is 23.8. The zero-order valence-electron chi connectivity index (χ0n) is 59.6.